The summed E-state index contributed by atoms with van der Waals surface area (Å²) in [6.45, 7) is 4.84. The fraction of sp³-hybridized carbons (Fsp3) is 0.899. The minimum absolute atomic E-state index is 0.0553. The van der Waals surface area contributed by atoms with Gasteiger partial charge in [-0.1, -0.05) is 333 Å². The first-order chi connectivity index (χ1) is 38.0. The number of amides is 1. The van der Waals surface area contributed by atoms with Crippen LogP contribution in [0.4, 0.5) is 0 Å². The topological polar surface area (TPSA) is 105 Å². The number of unbranched alkanes of at least 4 members (excludes halogenated alkanes) is 47. The van der Waals surface area contributed by atoms with E-state index in [1.54, 1.807) is 6.08 Å². The first-order valence-corrected chi connectivity index (χ1v) is 35.9. The molecule has 0 spiro atoms. The van der Waals surface area contributed by atoms with Crippen LogP contribution in [0, 0.1) is 0 Å². The number of hydrogen-bond acceptors (Lipinski definition) is 5. The molecule has 3 unspecified atom stereocenters. The van der Waals surface area contributed by atoms with Crippen LogP contribution in [0.15, 0.2) is 36.5 Å². The van der Waals surface area contributed by atoms with Gasteiger partial charge in [-0.05, 0) is 44.9 Å². The van der Waals surface area contributed by atoms with E-state index in [0.29, 0.717) is 17.4 Å². The van der Waals surface area contributed by atoms with E-state index < -0.39 is 20.0 Å². The molecule has 0 heterocycles. The highest BCUT2D eigenvalue weighted by Gasteiger charge is 2.28. The van der Waals surface area contributed by atoms with Gasteiger partial charge in [-0.15, -0.1) is 0 Å². The zero-order chi connectivity index (χ0) is 57.0. The summed E-state index contributed by atoms with van der Waals surface area (Å²) in [6.07, 6.45) is 80.2. The molecule has 0 aliphatic heterocycles. The van der Waals surface area contributed by atoms with Gasteiger partial charge < -0.3 is 19.8 Å². The van der Waals surface area contributed by atoms with Crippen LogP contribution < -0.4 is 5.32 Å². The maximum absolute atomic E-state index is 13.0. The Hall–Kier alpha value is -1.28. The lowest BCUT2D eigenvalue weighted by Crippen LogP contribution is -2.45. The van der Waals surface area contributed by atoms with Crippen LogP contribution in [0.25, 0.3) is 0 Å². The van der Waals surface area contributed by atoms with Gasteiger partial charge in [0.2, 0.25) is 5.91 Å². The molecule has 0 aliphatic carbocycles. The number of carbonyl (C=O) groups excluding carboxylic acids is 1. The molecule has 462 valence electrons. The molecule has 0 radical (unpaired) electrons. The number of hydrogen-bond donors (Lipinski definition) is 3. The van der Waals surface area contributed by atoms with Crippen molar-refractivity contribution in [1.82, 2.24) is 5.32 Å². The summed E-state index contributed by atoms with van der Waals surface area (Å²) < 4.78 is 23.8. The standard InChI is InChI=1S/C69H135N2O6P/c1-6-8-10-12-14-16-18-20-22-24-26-28-29-30-31-32-33-34-35-36-37-38-39-40-41-43-45-47-49-51-53-55-57-59-61-63-69(73)70-67(66-77-78(74,75)76-65-64-71(3,4)5)68(72)62-60-58-56-54-52-50-48-46-44-42-27-25-23-21-19-17-15-13-11-9-7-2/h44,46,52,54,60,62,67-68,72H,6-43,45,47-51,53,55-59,61,63-66H2,1-5H3,(H-,70,73,74,75)/p+1/b46-44+,54-52+,62-60+. The van der Waals surface area contributed by atoms with E-state index in [-0.39, 0.29) is 19.1 Å². The molecular weight excluding hydrogens is 984 g/mol. The number of rotatable bonds is 64. The number of likely N-dealkylation sites (N-methyl/N-ethyl adjacent to an activating group) is 1. The zero-order valence-corrected chi connectivity index (χ0v) is 53.8. The third-order valence-corrected chi connectivity index (χ3v) is 16.8. The largest absolute Gasteiger partial charge is 0.472 e. The number of phosphoric acid groups is 1. The second-order valence-electron chi connectivity index (χ2n) is 24.9. The summed E-state index contributed by atoms with van der Waals surface area (Å²) in [5.74, 6) is -0.184. The van der Waals surface area contributed by atoms with Crippen molar-refractivity contribution in [3.05, 3.63) is 36.5 Å². The van der Waals surface area contributed by atoms with Crippen molar-refractivity contribution < 1.29 is 32.9 Å². The molecular formula is C69H136N2O6P+. The first kappa shape index (κ1) is 76.7. The molecule has 0 aliphatic rings. The lowest BCUT2D eigenvalue weighted by Gasteiger charge is -2.25. The predicted octanol–water partition coefficient (Wildman–Crippen LogP) is 21.7. The van der Waals surface area contributed by atoms with Gasteiger partial charge in [0.15, 0.2) is 0 Å². The molecule has 3 atom stereocenters. The van der Waals surface area contributed by atoms with E-state index >= 15 is 0 Å². The van der Waals surface area contributed by atoms with Crippen LogP contribution in [-0.4, -0.2) is 73.4 Å². The molecule has 0 aromatic heterocycles. The number of phosphoric ester groups is 1. The van der Waals surface area contributed by atoms with E-state index in [1.807, 2.05) is 27.2 Å². The van der Waals surface area contributed by atoms with Crippen molar-refractivity contribution in [2.75, 3.05) is 40.9 Å². The van der Waals surface area contributed by atoms with Crippen molar-refractivity contribution >= 4 is 13.7 Å². The first-order valence-electron chi connectivity index (χ1n) is 34.4. The van der Waals surface area contributed by atoms with Gasteiger partial charge in [-0.3, -0.25) is 13.8 Å². The minimum atomic E-state index is -4.36. The van der Waals surface area contributed by atoms with Gasteiger partial charge in [0.05, 0.1) is 39.9 Å². The van der Waals surface area contributed by atoms with E-state index in [2.05, 4.69) is 43.5 Å². The van der Waals surface area contributed by atoms with Crippen molar-refractivity contribution in [2.45, 2.75) is 360 Å². The molecule has 0 aromatic carbocycles. The van der Waals surface area contributed by atoms with Crippen LogP contribution in [0.2, 0.25) is 0 Å². The molecule has 0 saturated heterocycles. The molecule has 1 amide bonds. The van der Waals surface area contributed by atoms with Crippen LogP contribution in [-0.2, 0) is 18.4 Å². The number of carbonyl (C=O) groups is 1. The van der Waals surface area contributed by atoms with E-state index in [0.717, 1.165) is 44.9 Å². The fourth-order valence-corrected chi connectivity index (χ4v) is 11.2. The predicted molar refractivity (Wildman–Crippen MR) is 341 cm³/mol. The summed E-state index contributed by atoms with van der Waals surface area (Å²) in [5.41, 5.74) is 0. The molecule has 78 heavy (non-hydrogen) atoms. The van der Waals surface area contributed by atoms with Gasteiger partial charge in [0.1, 0.15) is 13.2 Å². The third kappa shape index (κ3) is 62.3. The Balaban J connectivity index is 4.02. The van der Waals surface area contributed by atoms with Crippen LogP contribution in [0.1, 0.15) is 348 Å². The average Bonchev–Trinajstić information content (AvgIpc) is 3.41. The van der Waals surface area contributed by atoms with Crippen molar-refractivity contribution in [3.63, 3.8) is 0 Å². The van der Waals surface area contributed by atoms with Gasteiger partial charge in [-0.25, -0.2) is 4.57 Å². The van der Waals surface area contributed by atoms with Crippen LogP contribution in [0.5, 0.6) is 0 Å². The summed E-state index contributed by atoms with van der Waals surface area (Å²) in [4.78, 5) is 23.4. The molecule has 0 aromatic rings. The SMILES string of the molecule is CCCCCCCCCCCCC/C=C/CC/C=C/CC/C=C/C(O)C(COP(=O)(O)OCC[N+](C)(C)C)NC(=O)CCCCCCCCCCCCCCCCCCCCCCCCCCCCCCCCCCCCC. The maximum atomic E-state index is 13.0. The number of quaternary nitrogens is 1. The Kier molecular flexibility index (Phi) is 59.3. The molecule has 0 rings (SSSR count). The van der Waals surface area contributed by atoms with Crippen molar-refractivity contribution in [2.24, 2.45) is 0 Å². The molecule has 0 saturated carbocycles. The number of nitrogens with zero attached hydrogens (tertiary/aromatic N) is 1. The third-order valence-electron chi connectivity index (χ3n) is 15.8. The highest BCUT2D eigenvalue weighted by atomic mass is 31.2. The fourth-order valence-electron chi connectivity index (χ4n) is 10.5. The molecule has 0 bridgehead atoms. The highest BCUT2D eigenvalue weighted by Crippen LogP contribution is 2.43. The Morgan fingerprint density at radius 1 is 0.423 bits per heavy atom. The maximum Gasteiger partial charge on any atom is 0.472 e. The van der Waals surface area contributed by atoms with Gasteiger partial charge in [-0.2, -0.15) is 0 Å². The smallest absolute Gasteiger partial charge is 0.387 e. The Morgan fingerprint density at radius 2 is 0.705 bits per heavy atom. The zero-order valence-electron chi connectivity index (χ0n) is 52.9. The lowest BCUT2D eigenvalue weighted by molar-refractivity contribution is -0.870. The van der Waals surface area contributed by atoms with E-state index in [1.165, 1.54) is 283 Å². The highest BCUT2D eigenvalue weighted by molar-refractivity contribution is 7.47. The van der Waals surface area contributed by atoms with Crippen LogP contribution >= 0.6 is 7.82 Å². The summed E-state index contributed by atoms with van der Waals surface area (Å²) in [7, 11) is 1.56. The molecule has 9 heteroatoms. The van der Waals surface area contributed by atoms with Crippen LogP contribution in [0.3, 0.4) is 0 Å². The summed E-state index contributed by atoms with van der Waals surface area (Å²) in [6, 6.07) is -0.869. The van der Waals surface area contributed by atoms with E-state index in [4.69, 9.17) is 9.05 Å². The molecule has 3 N–H and O–H groups in total. The lowest BCUT2D eigenvalue weighted by atomic mass is 10.0. The molecule has 0 fully saturated rings. The normalized spacial score (nSPS) is 13.9. The minimum Gasteiger partial charge on any atom is -0.387 e. The second kappa shape index (κ2) is 60.3. The van der Waals surface area contributed by atoms with Crippen molar-refractivity contribution in [3.8, 4) is 0 Å². The Labute approximate surface area is 487 Å². The Morgan fingerprint density at radius 3 is 1.03 bits per heavy atom. The Bertz CT molecular complexity index is 1360. The second-order valence-corrected chi connectivity index (χ2v) is 26.4. The van der Waals surface area contributed by atoms with Gasteiger partial charge >= 0.3 is 7.82 Å². The van der Waals surface area contributed by atoms with Gasteiger partial charge in [0, 0.05) is 6.42 Å². The number of aliphatic hydroxyl groups is 1. The molecule has 8 nitrogen and oxygen atoms in total. The summed E-state index contributed by atoms with van der Waals surface area (Å²) >= 11 is 0. The van der Waals surface area contributed by atoms with Crippen molar-refractivity contribution in [1.29, 1.82) is 0 Å². The monoisotopic (exact) mass is 1120 g/mol. The quantitative estimate of drug-likeness (QED) is 0.0243. The summed E-state index contributed by atoms with van der Waals surface area (Å²) in [5, 5.41) is 14.0. The average molecular weight is 1120 g/mol. The number of allylic oxidation sites excluding steroid dienone is 5. The van der Waals surface area contributed by atoms with Gasteiger partial charge in [0.25, 0.3) is 0 Å². The number of nitrogens with one attached hydrogen (secondary N) is 1. The number of aliphatic hydroxyl groups excluding tert-OH is 1. The van der Waals surface area contributed by atoms with E-state index in [9.17, 15) is 19.4 Å².